The molecule has 1 amide bonds. The molecule has 0 spiro atoms. The minimum Gasteiger partial charge on any atom is -0.352 e. The molecule has 4 heteroatoms. The quantitative estimate of drug-likeness (QED) is 0.894. The predicted molar refractivity (Wildman–Crippen MR) is 81.4 cm³/mol. The molecule has 0 aliphatic carbocycles. The lowest BCUT2D eigenvalue weighted by Crippen LogP contribution is -2.33. The molecule has 1 saturated heterocycles. The van der Waals surface area contributed by atoms with E-state index >= 15 is 0 Å². The van der Waals surface area contributed by atoms with Gasteiger partial charge in [-0.15, -0.1) is 0 Å². The third-order valence-electron chi connectivity index (χ3n) is 3.75. The first-order chi connectivity index (χ1) is 9.18. The van der Waals surface area contributed by atoms with Crippen molar-refractivity contribution in [1.29, 1.82) is 0 Å². The molecule has 0 bridgehead atoms. The monoisotopic (exact) mass is 324 g/mol. The second-order valence-electron chi connectivity index (χ2n) is 5.17. The van der Waals surface area contributed by atoms with Gasteiger partial charge in [-0.05, 0) is 62.9 Å². The maximum Gasteiger partial charge on any atom is 0.251 e. The van der Waals surface area contributed by atoms with E-state index in [4.69, 9.17) is 0 Å². The van der Waals surface area contributed by atoms with Crippen LogP contribution in [0.15, 0.2) is 22.7 Å². The van der Waals surface area contributed by atoms with Gasteiger partial charge >= 0.3 is 0 Å². The summed E-state index contributed by atoms with van der Waals surface area (Å²) in [5.74, 6) is 0.736. The summed E-state index contributed by atoms with van der Waals surface area (Å²) in [5.41, 5.74) is 1.76. The molecule has 1 aliphatic heterocycles. The Balaban J connectivity index is 1.82. The molecule has 0 aromatic heterocycles. The van der Waals surface area contributed by atoms with Crippen LogP contribution in [0.1, 0.15) is 35.2 Å². The van der Waals surface area contributed by atoms with Gasteiger partial charge in [-0.25, -0.2) is 0 Å². The van der Waals surface area contributed by atoms with Crippen molar-refractivity contribution in [2.24, 2.45) is 5.92 Å². The molecule has 1 fully saturated rings. The third kappa shape index (κ3) is 4.05. The first kappa shape index (κ1) is 14.5. The average molecular weight is 325 g/mol. The molecule has 104 valence electrons. The fourth-order valence-electron chi connectivity index (χ4n) is 2.51. The highest BCUT2D eigenvalue weighted by Crippen LogP contribution is 2.19. The molecule has 0 saturated carbocycles. The van der Waals surface area contributed by atoms with Crippen LogP contribution in [-0.2, 0) is 0 Å². The van der Waals surface area contributed by atoms with E-state index in [1.165, 1.54) is 12.8 Å². The van der Waals surface area contributed by atoms with E-state index in [2.05, 4.69) is 26.6 Å². The number of carbonyl (C=O) groups is 1. The Labute approximate surface area is 123 Å². The Bertz CT molecular complexity index is 442. The van der Waals surface area contributed by atoms with Gasteiger partial charge in [0.1, 0.15) is 0 Å². The Morgan fingerprint density at radius 3 is 3.11 bits per heavy atom. The maximum absolute atomic E-state index is 12.1. The lowest BCUT2D eigenvalue weighted by Gasteiger charge is -2.22. The number of amides is 1. The minimum atomic E-state index is 0.0302. The number of hydrogen-bond acceptors (Lipinski definition) is 2. The molecule has 1 unspecified atom stereocenters. The van der Waals surface area contributed by atoms with Gasteiger partial charge in [-0.1, -0.05) is 22.0 Å². The topological polar surface area (TPSA) is 41.1 Å². The zero-order valence-electron chi connectivity index (χ0n) is 11.3. The summed E-state index contributed by atoms with van der Waals surface area (Å²) in [4.78, 5) is 12.1. The van der Waals surface area contributed by atoms with E-state index in [0.29, 0.717) is 5.92 Å². The Morgan fingerprint density at radius 2 is 2.37 bits per heavy atom. The first-order valence-corrected chi connectivity index (χ1v) is 7.72. The molecule has 0 radical (unpaired) electrons. The Hall–Kier alpha value is -0.870. The lowest BCUT2D eigenvalue weighted by molar-refractivity contribution is 0.0950. The van der Waals surface area contributed by atoms with Crippen LogP contribution in [0.5, 0.6) is 0 Å². The molecule has 2 rings (SSSR count). The fraction of sp³-hybridized carbons (Fsp3) is 0.533. The van der Waals surface area contributed by atoms with Crippen LogP contribution >= 0.6 is 15.9 Å². The maximum atomic E-state index is 12.1. The summed E-state index contributed by atoms with van der Waals surface area (Å²) in [6.45, 7) is 4.95. The van der Waals surface area contributed by atoms with Crippen molar-refractivity contribution in [2.75, 3.05) is 19.6 Å². The molecule has 2 N–H and O–H groups in total. The number of benzene rings is 1. The van der Waals surface area contributed by atoms with Crippen molar-refractivity contribution < 1.29 is 4.79 Å². The summed E-state index contributed by atoms with van der Waals surface area (Å²) >= 11 is 3.46. The van der Waals surface area contributed by atoms with Gasteiger partial charge in [0.25, 0.3) is 5.91 Å². The van der Waals surface area contributed by atoms with Gasteiger partial charge in [0, 0.05) is 16.6 Å². The van der Waals surface area contributed by atoms with Crippen LogP contribution in [0.4, 0.5) is 0 Å². The van der Waals surface area contributed by atoms with Gasteiger partial charge in [0.05, 0.1) is 0 Å². The van der Waals surface area contributed by atoms with Crippen molar-refractivity contribution in [3.8, 4) is 0 Å². The van der Waals surface area contributed by atoms with Crippen molar-refractivity contribution >= 4 is 21.8 Å². The standard InChI is InChI=1S/C15H21BrN2O/c1-11-13(5-2-6-14(11)16)15(19)18-9-7-12-4-3-8-17-10-12/h2,5-6,12,17H,3-4,7-10H2,1H3,(H,18,19). The average Bonchev–Trinajstić information content (AvgIpc) is 2.43. The normalized spacial score (nSPS) is 19.2. The second kappa shape index (κ2) is 7.06. The molecule has 3 nitrogen and oxygen atoms in total. The second-order valence-corrected chi connectivity index (χ2v) is 6.02. The highest BCUT2D eigenvalue weighted by atomic mass is 79.9. The third-order valence-corrected chi connectivity index (χ3v) is 4.61. The van der Waals surface area contributed by atoms with Gasteiger partial charge in [0.2, 0.25) is 0 Å². The van der Waals surface area contributed by atoms with Crippen molar-refractivity contribution in [3.05, 3.63) is 33.8 Å². The number of halogens is 1. The van der Waals surface area contributed by atoms with Crippen molar-refractivity contribution in [1.82, 2.24) is 10.6 Å². The summed E-state index contributed by atoms with van der Waals surface area (Å²) < 4.78 is 0.983. The van der Waals surface area contributed by atoms with Crippen LogP contribution in [0.2, 0.25) is 0 Å². The van der Waals surface area contributed by atoms with Crippen LogP contribution in [-0.4, -0.2) is 25.5 Å². The van der Waals surface area contributed by atoms with Crippen LogP contribution < -0.4 is 10.6 Å². The molecule has 19 heavy (non-hydrogen) atoms. The molecular weight excluding hydrogens is 304 g/mol. The van der Waals surface area contributed by atoms with Crippen LogP contribution in [0.25, 0.3) is 0 Å². The SMILES string of the molecule is Cc1c(Br)cccc1C(=O)NCCC1CCCNC1. The number of piperidine rings is 1. The zero-order valence-corrected chi connectivity index (χ0v) is 12.9. The van der Waals surface area contributed by atoms with E-state index in [-0.39, 0.29) is 5.91 Å². The van der Waals surface area contributed by atoms with Crippen LogP contribution in [0, 0.1) is 12.8 Å². The van der Waals surface area contributed by atoms with Gasteiger partial charge in [0.15, 0.2) is 0 Å². The summed E-state index contributed by atoms with van der Waals surface area (Å²) in [5, 5.41) is 6.43. The van der Waals surface area contributed by atoms with Crippen molar-refractivity contribution in [3.63, 3.8) is 0 Å². The van der Waals surface area contributed by atoms with E-state index in [1.807, 2.05) is 25.1 Å². The van der Waals surface area contributed by atoms with Crippen molar-refractivity contribution in [2.45, 2.75) is 26.2 Å². The number of nitrogens with one attached hydrogen (secondary N) is 2. The highest BCUT2D eigenvalue weighted by molar-refractivity contribution is 9.10. The Kier molecular flexibility index (Phi) is 5.40. The van der Waals surface area contributed by atoms with E-state index in [9.17, 15) is 4.79 Å². The number of hydrogen-bond donors (Lipinski definition) is 2. The first-order valence-electron chi connectivity index (χ1n) is 6.92. The lowest BCUT2D eigenvalue weighted by atomic mass is 9.96. The molecule has 1 aliphatic rings. The zero-order chi connectivity index (χ0) is 13.7. The summed E-state index contributed by atoms with van der Waals surface area (Å²) in [6, 6.07) is 5.73. The summed E-state index contributed by atoms with van der Waals surface area (Å²) in [7, 11) is 0. The fourth-order valence-corrected chi connectivity index (χ4v) is 2.88. The largest absolute Gasteiger partial charge is 0.352 e. The van der Waals surface area contributed by atoms with E-state index < -0.39 is 0 Å². The number of carbonyl (C=O) groups excluding carboxylic acids is 1. The van der Waals surface area contributed by atoms with Gasteiger partial charge < -0.3 is 10.6 Å². The van der Waals surface area contributed by atoms with Crippen LogP contribution in [0.3, 0.4) is 0 Å². The van der Waals surface area contributed by atoms with Gasteiger partial charge in [-0.3, -0.25) is 4.79 Å². The molecule has 1 aromatic rings. The van der Waals surface area contributed by atoms with E-state index in [1.54, 1.807) is 0 Å². The minimum absolute atomic E-state index is 0.0302. The predicted octanol–water partition coefficient (Wildman–Crippen LogP) is 2.88. The smallest absolute Gasteiger partial charge is 0.251 e. The Morgan fingerprint density at radius 1 is 1.53 bits per heavy atom. The van der Waals surface area contributed by atoms with E-state index in [0.717, 1.165) is 41.7 Å². The number of rotatable bonds is 4. The molecule has 1 aromatic carbocycles. The molecule has 1 heterocycles. The van der Waals surface area contributed by atoms with Gasteiger partial charge in [-0.2, -0.15) is 0 Å². The molecule has 1 atom stereocenters. The summed E-state index contributed by atoms with van der Waals surface area (Å²) in [6.07, 6.45) is 3.59. The highest BCUT2D eigenvalue weighted by Gasteiger charge is 2.14. The molecular formula is C15H21BrN2O.